The Bertz CT molecular complexity index is 476. The molecule has 0 spiro atoms. The molecule has 2 atom stereocenters. The van der Waals surface area contributed by atoms with Gasteiger partial charge in [0.25, 0.3) is 5.91 Å². The van der Waals surface area contributed by atoms with Crippen molar-refractivity contribution >= 4 is 11.9 Å². The summed E-state index contributed by atoms with van der Waals surface area (Å²) in [6.07, 6.45) is 0.785. The third kappa shape index (κ3) is 4.08. The van der Waals surface area contributed by atoms with Crippen LogP contribution in [0.1, 0.15) is 41.8 Å². The van der Waals surface area contributed by atoms with E-state index in [0.29, 0.717) is 5.56 Å². The molecule has 4 nitrogen and oxygen atoms in total. The monoisotopic (exact) mass is 277 g/mol. The van der Waals surface area contributed by atoms with E-state index in [0.717, 1.165) is 17.5 Å². The Balaban J connectivity index is 2.93. The summed E-state index contributed by atoms with van der Waals surface area (Å²) in [7, 11) is 1.33. The molecule has 0 saturated carbocycles. The molecule has 1 amide bonds. The molecule has 0 heterocycles. The van der Waals surface area contributed by atoms with Gasteiger partial charge in [-0.15, -0.1) is 0 Å². The van der Waals surface area contributed by atoms with Crippen molar-refractivity contribution < 1.29 is 14.3 Å². The van der Waals surface area contributed by atoms with Crippen LogP contribution in [0.25, 0.3) is 0 Å². The van der Waals surface area contributed by atoms with Gasteiger partial charge >= 0.3 is 5.97 Å². The smallest absolute Gasteiger partial charge is 0.328 e. The fraction of sp³-hybridized carbons (Fsp3) is 0.500. The molecule has 110 valence electrons. The average molecular weight is 277 g/mol. The van der Waals surface area contributed by atoms with Gasteiger partial charge in [0.1, 0.15) is 6.04 Å². The van der Waals surface area contributed by atoms with Gasteiger partial charge in [-0.2, -0.15) is 0 Å². The zero-order valence-electron chi connectivity index (χ0n) is 12.8. The highest BCUT2D eigenvalue weighted by Crippen LogP contribution is 2.12. The van der Waals surface area contributed by atoms with Crippen LogP contribution in [0, 0.1) is 19.8 Å². The summed E-state index contributed by atoms with van der Waals surface area (Å²) in [6, 6.07) is 5.02. The number of rotatable bonds is 5. The van der Waals surface area contributed by atoms with Crippen LogP contribution in [-0.4, -0.2) is 25.0 Å². The maximum absolute atomic E-state index is 12.3. The minimum Gasteiger partial charge on any atom is -0.467 e. The fourth-order valence-electron chi connectivity index (χ4n) is 2.13. The normalized spacial score (nSPS) is 13.4. The maximum atomic E-state index is 12.3. The van der Waals surface area contributed by atoms with Crippen LogP contribution >= 0.6 is 0 Å². The lowest BCUT2D eigenvalue weighted by Gasteiger charge is -2.22. The number of esters is 1. The van der Waals surface area contributed by atoms with Crippen LogP contribution in [-0.2, 0) is 9.53 Å². The van der Waals surface area contributed by atoms with Crippen molar-refractivity contribution in [1.29, 1.82) is 0 Å². The first-order valence-corrected chi connectivity index (χ1v) is 6.86. The highest BCUT2D eigenvalue weighted by molar-refractivity contribution is 5.97. The highest BCUT2D eigenvalue weighted by Gasteiger charge is 2.27. The lowest BCUT2D eigenvalue weighted by atomic mass is 9.98. The molecule has 0 aliphatic rings. The van der Waals surface area contributed by atoms with Gasteiger partial charge in [-0.1, -0.05) is 37.5 Å². The van der Waals surface area contributed by atoms with Crippen LogP contribution < -0.4 is 5.32 Å². The Morgan fingerprint density at radius 2 is 1.75 bits per heavy atom. The minimum atomic E-state index is -0.613. The van der Waals surface area contributed by atoms with Crippen molar-refractivity contribution in [3.8, 4) is 0 Å². The van der Waals surface area contributed by atoms with E-state index in [1.807, 2.05) is 45.9 Å². The molecule has 0 aliphatic heterocycles. The predicted molar refractivity (Wildman–Crippen MR) is 78.6 cm³/mol. The highest BCUT2D eigenvalue weighted by atomic mass is 16.5. The zero-order chi connectivity index (χ0) is 15.3. The summed E-state index contributed by atoms with van der Waals surface area (Å²) in [5.41, 5.74) is 2.61. The molecule has 0 unspecified atom stereocenters. The molecule has 20 heavy (non-hydrogen) atoms. The third-order valence-electron chi connectivity index (χ3n) is 3.44. The molecule has 1 aromatic rings. The van der Waals surface area contributed by atoms with Crippen LogP contribution in [0.5, 0.6) is 0 Å². The van der Waals surface area contributed by atoms with E-state index in [4.69, 9.17) is 4.74 Å². The Labute approximate surface area is 120 Å². The Morgan fingerprint density at radius 1 is 1.20 bits per heavy atom. The van der Waals surface area contributed by atoms with Gasteiger partial charge < -0.3 is 10.1 Å². The summed E-state index contributed by atoms with van der Waals surface area (Å²) in [4.78, 5) is 24.1. The van der Waals surface area contributed by atoms with Crippen molar-refractivity contribution in [1.82, 2.24) is 5.32 Å². The first-order valence-electron chi connectivity index (χ1n) is 6.86. The standard InChI is InChI=1S/C16H23NO3/c1-6-12(4)14(16(19)20-5)17-15(18)13-8-10(2)7-11(3)9-13/h7-9,12,14H,6H2,1-5H3,(H,17,18)/t12-,14+/m1/s1. The predicted octanol–water partition coefficient (Wildman–Crippen LogP) is 2.62. The Morgan fingerprint density at radius 3 is 2.20 bits per heavy atom. The van der Waals surface area contributed by atoms with Gasteiger partial charge in [0.15, 0.2) is 0 Å². The molecule has 1 aromatic carbocycles. The van der Waals surface area contributed by atoms with E-state index < -0.39 is 12.0 Å². The first kappa shape index (κ1) is 16.2. The summed E-state index contributed by atoms with van der Waals surface area (Å²) in [5, 5.41) is 2.78. The van der Waals surface area contributed by atoms with Crippen LogP contribution in [0.2, 0.25) is 0 Å². The summed E-state index contributed by atoms with van der Waals surface area (Å²) in [5.74, 6) is -0.623. The summed E-state index contributed by atoms with van der Waals surface area (Å²) < 4.78 is 4.77. The third-order valence-corrected chi connectivity index (χ3v) is 3.44. The van der Waals surface area contributed by atoms with E-state index in [-0.39, 0.29) is 11.8 Å². The first-order chi connectivity index (χ1) is 9.38. The van der Waals surface area contributed by atoms with Gasteiger partial charge in [0.2, 0.25) is 0 Å². The van der Waals surface area contributed by atoms with Gasteiger partial charge in [0.05, 0.1) is 7.11 Å². The van der Waals surface area contributed by atoms with Gasteiger partial charge in [0, 0.05) is 5.56 Å². The largest absolute Gasteiger partial charge is 0.467 e. The van der Waals surface area contributed by atoms with Gasteiger partial charge in [-0.25, -0.2) is 4.79 Å². The minimum absolute atomic E-state index is 0.0253. The number of benzene rings is 1. The van der Waals surface area contributed by atoms with Crippen molar-refractivity contribution in [2.45, 2.75) is 40.2 Å². The number of ether oxygens (including phenoxy) is 1. The lowest BCUT2D eigenvalue weighted by molar-refractivity contribution is -0.144. The number of aryl methyl sites for hydroxylation is 2. The fourth-order valence-corrected chi connectivity index (χ4v) is 2.13. The number of methoxy groups -OCH3 is 1. The zero-order valence-corrected chi connectivity index (χ0v) is 12.8. The lowest BCUT2D eigenvalue weighted by Crippen LogP contribution is -2.45. The van der Waals surface area contributed by atoms with E-state index in [9.17, 15) is 9.59 Å². The number of amides is 1. The van der Waals surface area contributed by atoms with Crippen molar-refractivity contribution in [2.75, 3.05) is 7.11 Å². The average Bonchev–Trinajstić information content (AvgIpc) is 2.41. The van der Waals surface area contributed by atoms with Crippen LogP contribution in [0.3, 0.4) is 0 Å². The number of carbonyl (C=O) groups is 2. The summed E-state index contributed by atoms with van der Waals surface area (Å²) in [6.45, 7) is 7.78. The number of carbonyl (C=O) groups excluding carboxylic acids is 2. The molecule has 0 fully saturated rings. The second kappa shape index (κ2) is 7.08. The quantitative estimate of drug-likeness (QED) is 0.842. The van der Waals surface area contributed by atoms with Gasteiger partial charge in [-0.3, -0.25) is 4.79 Å². The van der Waals surface area contributed by atoms with E-state index >= 15 is 0 Å². The van der Waals surface area contributed by atoms with E-state index in [1.54, 1.807) is 0 Å². The van der Waals surface area contributed by atoms with Crippen molar-refractivity contribution in [3.63, 3.8) is 0 Å². The van der Waals surface area contributed by atoms with Crippen molar-refractivity contribution in [3.05, 3.63) is 34.9 Å². The second-order valence-corrected chi connectivity index (χ2v) is 5.24. The number of hydrogen-bond acceptors (Lipinski definition) is 3. The van der Waals surface area contributed by atoms with E-state index in [1.165, 1.54) is 7.11 Å². The maximum Gasteiger partial charge on any atom is 0.328 e. The topological polar surface area (TPSA) is 55.4 Å². The van der Waals surface area contributed by atoms with Crippen molar-refractivity contribution in [2.24, 2.45) is 5.92 Å². The molecular weight excluding hydrogens is 254 g/mol. The second-order valence-electron chi connectivity index (χ2n) is 5.24. The summed E-state index contributed by atoms with van der Waals surface area (Å²) >= 11 is 0. The molecule has 1 rings (SSSR count). The Kier molecular flexibility index (Phi) is 5.74. The molecule has 4 heteroatoms. The molecule has 0 saturated heterocycles. The molecule has 0 bridgehead atoms. The Hall–Kier alpha value is -1.84. The molecule has 0 aliphatic carbocycles. The molecule has 0 aromatic heterocycles. The van der Waals surface area contributed by atoms with Crippen LogP contribution in [0.15, 0.2) is 18.2 Å². The van der Waals surface area contributed by atoms with Crippen LogP contribution in [0.4, 0.5) is 0 Å². The number of hydrogen-bond donors (Lipinski definition) is 1. The van der Waals surface area contributed by atoms with E-state index in [2.05, 4.69) is 5.32 Å². The SMILES string of the molecule is CC[C@@H](C)[C@H](NC(=O)c1cc(C)cc(C)c1)C(=O)OC. The number of nitrogens with one attached hydrogen (secondary N) is 1. The molecule has 0 radical (unpaired) electrons. The molecule has 1 N–H and O–H groups in total. The molecular formula is C16H23NO3. The van der Waals surface area contributed by atoms with Gasteiger partial charge in [-0.05, 0) is 31.9 Å².